The Kier molecular flexibility index (Phi) is 6.09. The van der Waals surface area contributed by atoms with Crippen LogP contribution in [0.2, 0.25) is 0 Å². The van der Waals surface area contributed by atoms with E-state index in [-0.39, 0.29) is 17.5 Å². The van der Waals surface area contributed by atoms with Gasteiger partial charge in [0, 0.05) is 17.8 Å². The number of ether oxygens (including phenoxy) is 2. The van der Waals surface area contributed by atoms with Gasteiger partial charge in [0.05, 0.1) is 12.7 Å². The largest absolute Gasteiger partial charge is 0.497 e. The molecule has 0 saturated heterocycles. The van der Waals surface area contributed by atoms with Crippen LogP contribution in [0.3, 0.4) is 0 Å². The van der Waals surface area contributed by atoms with Gasteiger partial charge in [0.2, 0.25) is 0 Å². The van der Waals surface area contributed by atoms with Crippen LogP contribution in [-0.4, -0.2) is 29.1 Å². The maximum absolute atomic E-state index is 12.6. The molecule has 7 nitrogen and oxygen atoms in total. The number of pyridine rings is 1. The van der Waals surface area contributed by atoms with Crippen LogP contribution >= 0.6 is 0 Å². The van der Waals surface area contributed by atoms with E-state index >= 15 is 0 Å². The number of rotatable bonds is 7. The molecule has 1 aromatic heterocycles. The van der Waals surface area contributed by atoms with Crippen LogP contribution in [0, 0.1) is 0 Å². The number of aromatic carboxylic acids is 1. The number of anilines is 1. The fourth-order valence-electron chi connectivity index (χ4n) is 2.67. The standard InChI is InChI=1S/C22H20N2O5/c1-14(15-6-4-3-5-7-15)29-19-11-17(10-18(12-19)28-2)21(25)24-20-9-8-16(13-23-20)22(26)27/h3-14H,1-2H3,(H,26,27)(H,23,24,25). The average molecular weight is 392 g/mol. The molecule has 3 rings (SSSR count). The molecule has 1 heterocycles. The Morgan fingerprint density at radius 1 is 1.00 bits per heavy atom. The van der Waals surface area contributed by atoms with E-state index in [9.17, 15) is 9.59 Å². The molecule has 3 aromatic rings. The number of benzene rings is 2. The predicted molar refractivity (Wildman–Crippen MR) is 108 cm³/mol. The van der Waals surface area contributed by atoms with E-state index in [2.05, 4.69) is 10.3 Å². The van der Waals surface area contributed by atoms with Crippen molar-refractivity contribution in [2.45, 2.75) is 13.0 Å². The van der Waals surface area contributed by atoms with E-state index in [1.165, 1.54) is 25.4 Å². The summed E-state index contributed by atoms with van der Waals surface area (Å²) in [6, 6.07) is 17.4. The molecule has 2 aromatic carbocycles. The topological polar surface area (TPSA) is 97.8 Å². The molecule has 0 bridgehead atoms. The first kappa shape index (κ1) is 19.9. The third-order valence-electron chi connectivity index (χ3n) is 4.21. The van der Waals surface area contributed by atoms with Crippen LogP contribution in [0.5, 0.6) is 11.5 Å². The van der Waals surface area contributed by atoms with Gasteiger partial charge >= 0.3 is 5.97 Å². The summed E-state index contributed by atoms with van der Waals surface area (Å²) in [5.74, 6) is -0.306. The summed E-state index contributed by atoms with van der Waals surface area (Å²) in [5, 5.41) is 11.6. The number of nitrogens with one attached hydrogen (secondary N) is 1. The molecular formula is C22H20N2O5. The van der Waals surface area contributed by atoms with Crippen molar-refractivity contribution in [3.05, 3.63) is 83.6 Å². The number of carboxylic acids is 1. The van der Waals surface area contributed by atoms with Crippen molar-refractivity contribution in [1.29, 1.82) is 0 Å². The molecule has 0 saturated carbocycles. The molecule has 1 amide bonds. The SMILES string of the molecule is COc1cc(OC(C)c2ccccc2)cc(C(=O)Nc2ccc(C(=O)O)cn2)c1. The number of carbonyl (C=O) groups excluding carboxylic acids is 1. The Morgan fingerprint density at radius 3 is 2.34 bits per heavy atom. The Labute approximate surface area is 167 Å². The summed E-state index contributed by atoms with van der Waals surface area (Å²) >= 11 is 0. The average Bonchev–Trinajstić information content (AvgIpc) is 2.74. The zero-order valence-corrected chi connectivity index (χ0v) is 16.0. The second-order valence-electron chi connectivity index (χ2n) is 6.26. The quantitative estimate of drug-likeness (QED) is 0.626. The lowest BCUT2D eigenvalue weighted by molar-refractivity contribution is 0.0696. The van der Waals surface area contributed by atoms with Gasteiger partial charge in [-0.3, -0.25) is 4.79 Å². The third-order valence-corrected chi connectivity index (χ3v) is 4.21. The van der Waals surface area contributed by atoms with Gasteiger partial charge in [0.1, 0.15) is 23.4 Å². The molecule has 7 heteroatoms. The molecule has 0 aliphatic heterocycles. The lowest BCUT2D eigenvalue weighted by atomic mass is 10.1. The number of hydrogen-bond acceptors (Lipinski definition) is 5. The highest BCUT2D eigenvalue weighted by Gasteiger charge is 2.14. The third kappa shape index (κ3) is 5.10. The van der Waals surface area contributed by atoms with E-state index in [1.807, 2.05) is 37.3 Å². The van der Waals surface area contributed by atoms with E-state index in [4.69, 9.17) is 14.6 Å². The molecule has 0 fully saturated rings. The van der Waals surface area contributed by atoms with Crippen molar-refractivity contribution < 1.29 is 24.2 Å². The van der Waals surface area contributed by atoms with Crippen LogP contribution in [0.1, 0.15) is 39.3 Å². The van der Waals surface area contributed by atoms with Crippen LogP contribution in [0.15, 0.2) is 66.9 Å². The molecule has 0 spiro atoms. The molecule has 29 heavy (non-hydrogen) atoms. The fourth-order valence-corrected chi connectivity index (χ4v) is 2.67. The first-order valence-electron chi connectivity index (χ1n) is 8.87. The smallest absolute Gasteiger partial charge is 0.337 e. The van der Waals surface area contributed by atoms with E-state index in [0.29, 0.717) is 17.1 Å². The number of carbonyl (C=O) groups is 2. The molecule has 148 valence electrons. The van der Waals surface area contributed by atoms with Crippen LogP contribution in [-0.2, 0) is 0 Å². The second-order valence-corrected chi connectivity index (χ2v) is 6.26. The predicted octanol–water partition coefficient (Wildman–Crippen LogP) is 4.18. The summed E-state index contributed by atoms with van der Waals surface area (Å²) in [4.78, 5) is 27.5. The number of carboxylic acid groups (broad SMARTS) is 1. The lowest BCUT2D eigenvalue weighted by Crippen LogP contribution is -2.14. The van der Waals surface area contributed by atoms with Crippen molar-refractivity contribution >= 4 is 17.7 Å². The summed E-state index contributed by atoms with van der Waals surface area (Å²) < 4.78 is 11.3. The lowest BCUT2D eigenvalue weighted by Gasteiger charge is -2.16. The van der Waals surface area contributed by atoms with Gasteiger partial charge in [0.15, 0.2) is 0 Å². The van der Waals surface area contributed by atoms with Crippen molar-refractivity contribution in [1.82, 2.24) is 4.98 Å². The zero-order chi connectivity index (χ0) is 20.8. The van der Waals surface area contributed by atoms with Gasteiger partial charge < -0.3 is 19.9 Å². The van der Waals surface area contributed by atoms with Gasteiger partial charge in [-0.15, -0.1) is 0 Å². The Morgan fingerprint density at radius 2 is 1.72 bits per heavy atom. The Bertz CT molecular complexity index is 1000. The highest BCUT2D eigenvalue weighted by molar-refractivity contribution is 6.04. The maximum Gasteiger partial charge on any atom is 0.337 e. The normalized spacial score (nSPS) is 11.4. The van der Waals surface area contributed by atoms with Gasteiger partial charge in [-0.1, -0.05) is 30.3 Å². The minimum atomic E-state index is -1.09. The number of hydrogen-bond donors (Lipinski definition) is 2. The molecule has 1 unspecified atom stereocenters. The van der Waals surface area contributed by atoms with Crippen LogP contribution < -0.4 is 14.8 Å². The van der Waals surface area contributed by atoms with Crippen LogP contribution in [0.4, 0.5) is 5.82 Å². The van der Waals surface area contributed by atoms with Crippen molar-refractivity contribution in [2.75, 3.05) is 12.4 Å². The summed E-state index contributed by atoms with van der Waals surface area (Å²) in [6.45, 7) is 1.92. The Balaban J connectivity index is 1.78. The van der Waals surface area contributed by atoms with Gasteiger partial charge in [0.25, 0.3) is 5.91 Å². The molecule has 2 N–H and O–H groups in total. The number of aromatic nitrogens is 1. The first-order valence-corrected chi connectivity index (χ1v) is 8.87. The van der Waals surface area contributed by atoms with Crippen LogP contribution in [0.25, 0.3) is 0 Å². The summed E-state index contributed by atoms with van der Waals surface area (Å²) in [5.41, 5.74) is 1.36. The van der Waals surface area contributed by atoms with E-state index in [0.717, 1.165) is 5.56 Å². The highest BCUT2D eigenvalue weighted by Crippen LogP contribution is 2.27. The minimum absolute atomic E-state index is 0.0370. The van der Waals surface area contributed by atoms with Gasteiger partial charge in [-0.2, -0.15) is 0 Å². The van der Waals surface area contributed by atoms with Crippen molar-refractivity contribution in [3.8, 4) is 11.5 Å². The fraction of sp³-hybridized carbons (Fsp3) is 0.136. The van der Waals surface area contributed by atoms with Crippen molar-refractivity contribution in [3.63, 3.8) is 0 Å². The maximum atomic E-state index is 12.6. The molecule has 1 atom stereocenters. The number of nitrogens with zero attached hydrogens (tertiary/aromatic N) is 1. The van der Waals surface area contributed by atoms with E-state index in [1.54, 1.807) is 18.2 Å². The zero-order valence-electron chi connectivity index (χ0n) is 16.0. The van der Waals surface area contributed by atoms with Gasteiger partial charge in [-0.25, -0.2) is 9.78 Å². The second kappa shape index (κ2) is 8.88. The monoisotopic (exact) mass is 392 g/mol. The number of amides is 1. The first-order chi connectivity index (χ1) is 14.0. The molecule has 0 aliphatic rings. The summed E-state index contributed by atoms with van der Waals surface area (Å²) in [7, 11) is 1.51. The summed E-state index contributed by atoms with van der Waals surface area (Å²) in [6.07, 6.45) is 0.962. The molecule has 0 aliphatic carbocycles. The minimum Gasteiger partial charge on any atom is -0.497 e. The van der Waals surface area contributed by atoms with E-state index < -0.39 is 11.9 Å². The number of methoxy groups -OCH3 is 1. The molecular weight excluding hydrogens is 372 g/mol. The molecule has 0 radical (unpaired) electrons. The van der Waals surface area contributed by atoms with Crippen molar-refractivity contribution in [2.24, 2.45) is 0 Å². The highest BCUT2D eigenvalue weighted by atomic mass is 16.5. The Hall–Kier alpha value is -3.87. The van der Waals surface area contributed by atoms with Gasteiger partial charge in [-0.05, 0) is 36.8 Å².